The van der Waals surface area contributed by atoms with E-state index < -0.39 is 9.84 Å². The second-order valence-corrected chi connectivity index (χ2v) is 7.53. The molecule has 1 N–H and O–H groups in total. The lowest BCUT2D eigenvalue weighted by molar-refractivity contribution is 0.559. The van der Waals surface area contributed by atoms with E-state index in [1.54, 1.807) is 12.1 Å². The topological polar surface area (TPSA) is 70.0 Å². The van der Waals surface area contributed by atoms with Crippen LogP contribution in [0.1, 0.15) is 18.4 Å². The number of nitrogens with one attached hydrogen (secondary N) is 1. The summed E-state index contributed by atoms with van der Waals surface area (Å²) >= 11 is 3.41. The van der Waals surface area contributed by atoms with Gasteiger partial charge in [-0.1, -0.05) is 0 Å². The molecule has 1 fully saturated rings. The van der Waals surface area contributed by atoms with Crippen molar-refractivity contribution in [3.8, 4) is 6.07 Å². The Morgan fingerprint density at radius 2 is 2.00 bits per heavy atom. The van der Waals surface area contributed by atoms with Crippen LogP contribution in [0.2, 0.25) is 0 Å². The number of hydrogen-bond acceptors (Lipinski definition) is 4. The number of hydrogen-bond donors (Lipinski definition) is 1. The highest BCUT2D eigenvalue weighted by atomic mass is 79.9. The van der Waals surface area contributed by atoms with Gasteiger partial charge in [-0.2, -0.15) is 5.26 Å². The summed E-state index contributed by atoms with van der Waals surface area (Å²) in [6.07, 6.45) is 1.27. The summed E-state index contributed by atoms with van der Waals surface area (Å²) < 4.78 is 23.5. The Morgan fingerprint density at radius 3 is 2.56 bits per heavy atom. The molecule has 0 atom stereocenters. The zero-order chi connectivity index (χ0) is 13.2. The first-order valence-corrected chi connectivity index (χ1v) is 8.28. The third-order valence-electron chi connectivity index (χ3n) is 3.01. The number of rotatable bonds is 2. The maximum atomic E-state index is 11.3. The lowest BCUT2D eigenvalue weighted by atomic mass is 10.1. The molecule has 1 aliphatic heterocycles. The molecular formula is C12H13BrN2O2S. The summed E-state index contributed by atoms with van der Waals surface area (Å²) in [7, 11) is -2.82. The van der Waals surface area contributed by atoms with E-state index in [0.717, 1.165) is 10.2 Å². The number of sulfone groups is 1. The first-order chi connectivity index (χ1) is 8.50. The van der Waals surface area contributed by atoms with E-state index >= 15 is 0 Å². The van der Waals surface area contributed by atoms with Crippen LogP contribution in [-0.4, -0.2) is 26.0 Å². The van der Waals surface area contributed by atoms with Crippen molar-refractivity contribution in [3.05, 3.63) is 28.2 Å². The predicted octanol–water partition coefficient (Wildman–Crippen LogP) is 2.31. The Kier molecular flexibility index (Phi) is 3.93. The molecule has 0 aromatic heterocycles. The number of halogens is 1. The molecule has 0 radical (unpaired) electrons. The maximum Gasteiger partial charge on any atom is 0.150 e. The Bertz CT molecular complexity index is 579. The first kappa shape index (κ1) is 13.4. The number of anilines is 1. The summed E-state index contributed by atoms with van der Waals surface area (Å²) in [5.41, 5.74) is 1.50. The number of nitrogens with zero attached hydrogens (tertiary/aromatic N) is 1. The monoisotopic (exact) mass is 328 g/mol. The van der Waals surface area contributed by atoms with Gasteiger partial charge in [0.25, 0.3) is 0 Å². The summed E-state index contributed by atoms with van der Waals surface area (Å²) in [6.45, 7) is 0. The van der Waals surface area contributed by atoms with Crippen LogP contribution in [0.25, 0.3) is 0 Å². The van der Waals surface area contributed by atoms with E-state index in [1.807, 2.05) is 6.07 Å². The molecule has 1 aromatic carbocycles. The van der Waals surface area contributed by atoms with Crippen LogP contribution in [0, 0.1) is 11.3 Å². The van der Waals surface area contributed by atoms with Gasteiger partial charge in [-0.15, -0.1) is 0 Å². The fraction of sp³-hybridized carbons (Fsp3) is 0.417. The van der Waals surface area contributed by atoms with E-state index in [1.165, 1.54) is 0 Å². The Labute approximate surface area is 115 Å². The molecule has 4 nitrogen and oxygen atoms in total. The van der Waals surface area contributed by atoms with Crippen molar-refractivity contribution in [2.45, 2.75) is 18.9 Å². The van der Waals surface area contributed by atoms with Gasteiger partial charge in [0.2, 0.25) is 0 Å². The normalized spacial score (nSPS) is 19.1. The molecule has 1 aliphatic rings. The van der Waals surface area contributed by atoms with E-state index in [2.05, 4.69) is 27.3 Å². The van der Waals surface area contributed by atoms with Crippen LogP contribution in [0.5, 0.6) is 0 Å². The Balaban J connectivity index is 2.05. The van der Waals surface area contributed by atoms with E-state index in [-0.39, 0.29) is 17.5 Å². The molecule has 1 saturated heterocycles. The van der Waals surface area contributed by atoms with Crippen molar-refractivity contribution in [1.82, 2.24) is 0 Å². The van der Waals surface area contributed by atoms with Crippen LogP contribution in [-0.2, 0) is 9.84 Å². The molecule has 2 rings (SSSR count). The highest BCUT2D eigenvalue weighted by Gasteiger charge is 2.23. The second-order valence-electron chi connectivity index (χ2n) is 4.38. The molecular weight excluding hydrogens is 316 g/mol. The van der Waals surface area contributed by atoms with E-state index in [0.29, 0.717) is 18.4 Å². The van der Waals surface area contributed by atoms with Crippen LogP contribution < -0.4 is 5.32 Å². The molecule has 6 heteroatoms. The highest BCUT2D eigenvalue weighted by Crippen LogP contribution is 2.26. The molecule has 0 spiro atoms. The van der Waals surface area contributed by atoms with Gasteiger partial charge in [-0.25, -0.2) is 8.42 Å². The van der Waals surface area contributed by atoms with E-state index in [4.69, 9.17) is 5.26 Å². The molecule has 1 heterocycles. The second kappa shape index (κ2) is 5.29. The Morgan fingerprint density at radius 1 is 1.33 bits per heavy atom. The van der Waals surface area contributed by atoms with Gasteiger partial charge < -0.3 is 5.32 Å². The largest absolute Gasteiger partial charge is 0.381 e. The van der Waals surface area contributed by atoms with Gasteiger partial charge in [0.15, 0.2) is 0 Å². The summed E-state index contributed by atoms with van der Waals surface area (Å²) in [6, 6.07) is 7.58. The maximum absolute atomic E-state index is 11.3. The van der Waals surface area contributed by atoms with Crippen molar-refractivity contribution in [2.24, 2.45) is 0 Å². The van der Waals surface area contributed by atoms with Gasteiger partial charge >= 0.3 is 0 Å². The van der Waals surface area contributed by atoms with Crippen molar-refractivity contribution in [2.75, 3.05) is 16.8 Å². The zero-order valence-corrected chi connectivity index (χ0v) is 12.1. The van der Waals surface area contributed by atoms with Crippen molar-refractivity contribution >= 4 is 31.5 Å². The number of benzene rings is 1. The molecule has 0 aliphatic carbocycles. The molecule has 96 valence electrons. The van der Waals surface area contributed by atoms with E-state index in [9.17, 15) is 8.42 Å². The van der Waals surface area contributed by atoms with Gasteiger partial charge in [-0.3, -0.25) is 0 Å². The minimum atomic E-state index is -2.82. The third-order valence-corrected chi connectivity index (χ3v) is 5.38. The van der Waals surface area contributed by atoms with Crippen molar-refractivity contribution in [3.63, 3.8) is 0 Å². The molecule has 18 heavy (non-hydrogen) atoms. The lowest BCUT2D eigenvalue weighted by Gasteiger charge is -2.24. The summed E-state index contributed by atoms with van der Waals surface area (Å²) in [5.74, 6) is 0.497. The van der Waals surface area contributed by atoms with Crippen molar-refractivity contribution in [1.29, 1.82) is 5.26 Å². The molecule has 0 saturated carbocycles. The molecule has 0 amide bonds. The summed E-state index contributed by atoms with van der Waals surface area (Å²) in [5, 5.41) is 12.1. The quantitative estimate of drug-likeness (QED) is 0.904. The smallest absolute Gasteiger partial charge is 0.150 e. The average molecular weight is 329 g/mol. The number of nitriles is 1. The predicted molar refractivity (Wildman–Crippen MR) is 74.2 cm³/mol. The lowest BCUT2D eigenvalue weighted by Crippen LogP contribution is -2.32. The summed E-state index contributed by atoms with van der Waals surface area (Å²) in [4.78, 5) is 0. The zero-order valence-electron chi connectivity index (χ0n) is 9.69. The standard InChI is InChI=1S/C12H13BrN2O2S/c13-11-7-9(8-14)1-2-12(11)15-10-3-5-18(16,17)6-4-10/h1-2,7,10,15H,3-6H2. The Hall–Kier alpha value is -1.06. The fourth-order valence-electron chi connectivity index (χ4n) is 1.96. The molecule has 0 unspecified atom stereocenters. The average Bonchev–Trinajstić information content (AvgIpc) is 2.34. The fourth-order valence-corrected chi connectivity index (χ4v) is 3.94. The van der Waals surface area contributed by atoms with Crippen molar-refractivity contribution < 1.29 is 8.42 Å². The first-order valence-electron chi connectivity index (χ1n) is 5.67. The highest BCUT2D eigenvalue weighted by molar-refractivity contribution is 9.10. The molecule has 0 bridgehead atoms. The SMILES string of the molecule is N#Cc1ccc(NC2CCS(=O)(=O)CC2)c(Br)c1. The van der Waals surface area contributed by atoms with Crippen LogP contribution >= 0.6 is 15.9 Å². The van der Waals surface area contributed by atoms with Gasteiger partial charge in [0, 0.05) is 16.2 Å². The van der Waals surface area contributed by atoms with Gasteiger partial charge in [0.1, 0.15) is 9.84 Å². The minimum absolute atomic E-state index is 0.178. The third kappa shape index (κ3) is 3.24. The van der Waals surface area contributed by atoms with Gasteiger partial charge in [-0.05, 0) is 47.0 Å². The van der Waals surface area contributed by atoms with Gasteiger partial charge in [0.05, 0.1) is 23.1 Å². The minimum Gasteiger partial charge on any atom is -0.381 e. The van der Waals surface area contributed by atoms with Crippen LogP contribution in [0.15, 0.2) is 22.7 Å². The molecule has 1 aromatic rings. The van der Waals surface area contributed by atoms with Crippen LogP contribution in [0.4, 0.5) is 5.69 Å². The van der Waals surface area contributed by atoms with Crippen LogP contribution in [0.3, 0.4) is 0 Å².